The molecule has 1 heterocycles. The first kappa shape index (κ1) is 25.1. The Labute approximate surface area is 212 Å². The molecule has 0 saturated carbocycles. The molecule has 0 amide bonds. The van der Waals surface area contributed by atoms with Crippen molar-refractivity contribution in [3.05, 3.63) is 88.2 Å². The van der Waals surface area contributed by atoms with Gasteiger partial charge >= 0.3 is 0 Å². The number of thioether (sulfide) groups is 1. The predicted octanol–water partition coefficient (Wildman–Crippen LogP) is 6.48. The third kappa shape index (κ3) is 4.73. The van der Waals surface area contributed by atoms with Crippen molar-refractivity contribution in [2.75, 3.05) is 33.1 Å². The van der Waals surface area contributed by atoms with E-state index in [2.05, 4.69) is 133 Å². The van der Waals surface area contributed by atoms with Gasteiger partial charge in [0, 0.05) is 36.3 Å². The molecule has 0 spiro atoms. The van der Waals surface area contributed by atoms with Gasteiger partial charge in [0.15, 0.2) is 0 Å². The fourth-order valence-corrected chi connectivity index (χ4v) is 8.98. The molecule has 4 heteroatoms. The predicted molar refractivity (Wildman–Crippen MR) is 156 cm³/mol. The summed E-state index contributed by atoms with van der Waals surface area (Å²) in [5.41, 5.74) is 8.38. The van der Waals surface area contributed by atoms with Gasteiger partial charge in [0.05, 0.1) is 0 Å². The van der Waals surface area contributed by atoms with E-state index in [1.807, 2.05) is 11.8 Å². The van der Waals surface area contributed by atoms with Crippen LogP contribution in [0.15, 0.2) is 71.5 Å². The summed E-state index contributed by atoms with van der Waals surface area (Å²) in [5.74, 6) is 1.02. The number of anilines is 1. The van der Waals surface area contributed by atoms with Crippen molar-refractivity contribution in [1.29, 1.82) is 0 Å². The van der Waals surface area contributed by atoms with Crippen LogP contribution in [0.25, 0.3) is 5.57 Å². The molecule has 0 N–H and O–H groups in total. The first-order chi connectivity index (χ1) is 15.9. The van der Waals surface area contributed by atoms with Gasteiger partial charge in [-0.25, -0.2) is 0 Å². The highest BCUT2D eigenvalue weighted by Gasteiger charge is 2.40. The Kier molecular flexibility index (Phi) is 6.80. The van der Waals surface area contributed by atoms with E-state index in [0.29, 0.717) is 6.04 Å². The largest absolute Gasteiger partial charge is 0.378 e. The van der Waals surface area contributed by atoms with E-state index in [1.54, 1.807) is 10.4 Å². The standard InChI is InChI=1S/C30H40N2SSi/c1-30(2,3)33-20-21-12-10-11-13-24(21)29-25-16-14-22(31(4)5)18-27(25)34(8,9)28-19-23(32(6)7)15-17-26(28)29/h10-19,22H,20H2,1-9H3. The average Bonchev–Trinajstić information content (AvgIpc) is 2.77. The van der Waals surface area contributed by atoms with Crippen LogP contribution in [0.2, 0.25) is 13.1 Å². The normalized spacial score (nSPS) is 19.1. The van der Waals surface area contributed by atoms with Crippen LogP contribution < -0.4 is 10.1 Å². The highest BCUT2D eigenvalue weighted by Crippen LogP contribution is 2.44. The molecule has 2 aromatic carbocycles. The van der Waals surface area contributed by atoms with Gasteiger partial charge in [-0.2, -0.15) is 11.8 Å². The summed E-state index contributed by atoms with van der Waals surface area (Å²) in [6.45, 7) is 12.0. The summed E-state index contributed by atoms with van der Waals surface area (Å²) in [6, 6.07) is 16.6. The molecule has 1 atom stereocenters. The van der Waals surface area contributed by atoms with Gasteiger partial charge in [0.2, 0.25) is 0 Å². The second-order valence-corrected chi connectivity index (χ2v) is 17.6. The molecule has 0 radical (unpaired) electrons. The van der Waals surface area contributed by atoms with Crippen molar-refractivity contribution in [3.63, 3.8) is 0 Å². The quantitative estimate of drug-likeness (QED) is 0.445. The molecular formula is C30H40N2SSi. The van der Waals surface area contributed by atoms with Gasteiger partial charge < -0.3 is 4.90 Å². The van der Waals surface area contributed by atoms with Crippen LogP contribution in [0.4, 0.5) is 5.69 Å². The monoisotopic (exact) mass is 488 g/mol. The van der Waals surface area contributed by atoms with Crippen LogP contribution in [0.1, 0.15) is 37.5 Å². The van der Waals surface area contributed by atoms with Gasteiger partial charge in [-0.15, -0.1) is 0 Å². The maximum atomic E-state index is 2.54. The number of allylic oxidation sites excluding steroid dienone is 3. The van der Waals surface area contributed by atoms with E-state index < -0.39 is 8.07 Å². The van der Waals surface area contributed by atoms with Crippen molar-refractivity contribution >= 4 is 36.3 Å². The maximum absolute atomic E-state index is 2.54. The number of rotatable bonds is 5. The molecule has 4 rings (SSSR count). The van der Waals surface area contributed by atoms with Crippen LogP contribution in [-0.4, -0.2) is 52.0 Å². The highest BCUT2D eigenvalue weighted by atomic mass is 32.2. The van der Waals surface area contributed by atoms with Gasteiger partial charge in [-0.05, 0) is 64.4 Å². The van der Waals surface area contributed by atoms with E-state index >= 15 is 0 Å². The Morgan fingerprint density at radius 2 is 1.65 bits per heavy atom. The van der Waals surface area contributed by atoms with Crippen molar-refractivity contribution in [3.8, 4) is 0 Å². The van der Waals surface area contributed by atoms with Gasteiger partial charge in [0.25, 0.3) is 0 Å². The second-order valence-electron chi connectivity index (χ2n) is 11.5. The Morgan fingerprint density at radius 1 is 0.941 bits per heavy atom. The van der Waals surface area contributed by atoms with Crippen molar-refractivity contribution in [2.45, 2.75) is 50.4 Å². The topological polar surface area (TPSA) is 6.48 Å². The molecule has 2 nitrogen and oxygen atoms in total. The molecule has 2 aliphatic rings. The number of hydrogen-bond acceptors (Lipinski definition) is 3. The minimum Gasteiger partial charge on any atom is -0.378 e. The summed E-state index contributed by atoms with van der Waals surface area (Å²) in [4.78, 5) is 4.54. The lowest BCUT2D eigenvalue weighted by Gasteiger charge is -2.40. The van der Waals surface area contributed by atoms with Gasteiger partial charge in [0.1, 0.15) is 8.07 Å². The molecule has 34 heavy (non-hydrogen) atoms. The molecular weight excluding hydrogens is 448 g/mol. The fraction of sp³-hybridized carbons (Fsp3) is 0.400. The summed E-state index contributed by atoms with van der Waals surface area (Å²) >= 11 is 2.03. The van der Waals surface area contributed by atoms with E-state index in [4.69, 9.17) is 0 Å². The number of likely N-dealkylation sites (N-methyl/N-ethyl adjacent to an activating group) is 1. The Hall–Kier alpha value is -2.01. The van der Waals surface area contributed by atoms with Gasteiger partial charge in [-0.1, -0.05) is 82.4 Å². The molecule has 1 unspecified atom stereocenters. The first-order valence-electron chi connectivity index (χ1n) is 12.3. The lowest BCUT2D eigenvalue weighted by Crippen LogP contribution is -2.50. The summed E-state index contributed by atoms with van der Waals surface area (Å²) < 4.78 is 0.236. The van der Waals surface area contributed by atoms with Crippen LogP contribution in [0.5, 0.6) is 0 Å². The van der Waals surface area contributed by atoms with Crippen molar-refractivity contribution in [1.82, 2.24) is 4.90 Å². The number of hydrogen-bond donors (Lipinski definition) is 0. The molecule has 0 saturated heterocycles. The van der Waals surface area contributed by atoms with Crippen LogP contribution in [-0.2, 0) is 5.75 Å². The Morgan fingerprint density at radius 3 is 2.29 bits per heavy atom. The lowest BCUT2D eigenvalue weighted by atomic mass is 9.87. The van der Waals surface area contributed by atoms with E-state index in [0.717, 1.165) is 5.75 Å². The molecule has 2 aromatic rings. The van der Waals surface area contributed by atoms with Gasteiger partial charge in [-0.3, -0.25) is 4.90 Å². The summed E-state index contributed by atoms with van der Waals surface area (Å²) in [6.07, 6.45) is 7.33. The number of benzene rings is 2. The third-order valence-electron chi connectivity index (χ3n) is 7.04. The molecule has 1 aliphatic heterocycles. The van der Waals surface area contributed by atoms with Crippen LogP contribution >= 0.6 is 11.8 Å². The minimum atomic E-state index is -1.89. The second kappa shape index (κ2) is 9.22. The molecule has 1 aliphatic carbocycles. The lowest BCUT2D eigenvalue weighted by molar-refractivity contribution is 0.390. The smallest absolute Gasteiger partial charge is 0.113 e. The molecule has 0 aromatic heterocycles. The molecule has 0 fully saturated rings. The number of fused-ring (bicyclic) bond motifs is 2. The third-order valence-corrected chi connectivity index (χ3v) is 11.9. The van der Waals surface area contributed by atoms with E-state index in [9.17, 15) is 0 Å². The zero-order valence-electron chi connectivity index (χ0n) is 22.4. The summed E-state index contributed by atoms with van der Waals surface area (Å²) in [7, 11) is 6.76. The first-order valence-corrected chi connectivity index (χ1v) is 16.2. The molecule has 0 bridgehead atoms. The van der Waals surface area contributed by atoms with Crippen molar-refractivity contribution in [2.24, 2.45) is 0 Å². The summed E-state index contributed by atoms with van der Waals surface area (Å²) in [5, 5.41) is 3.13. The molecule has 180 valence electrons. The maximum Gasteiger partial charge on any atom is 0.113 e. The van der Waals surface area contributed by atoms with E-state index in [-0.39, 0.29) is 4.75 Å². The zero-order valence-corrected chi connectivity index (χ0v) is 24.2. The highest BCUT2D eigenvalue weighted by molar-refractivity contribution is 7.99. The SMILES string of the molecule is CN(C)c1ccc2c(c1)[Si](C)(C)C1=CC(N(C)C)C=CC1=C2c1ccccc1CSC(C)(C)C. The van der Waals surface area contributed by atoms with E-state index in [1.165, 1.54) is 33.5 Å². The fourth-order valence-electron chi connectivity index (χ4n) is 5.00. The van der Waals surface area contributed by atoms with Crippen LogP contribution in [0, 0.1) is 0 Å². The van der Waals surface area contributed by atoms with Crippen molar-refractivity contribution < 1.29 is 0 Å². The Balaban J connectivity index is 1.99. The average molecular weight is 489 g/mol. The Bertz CT molecular complexity index is 1180. The minimum absolute atomic E-state index is 0.236. The van der Waals surface area contributed by atoms with Crippen LogP contribution in [0.3, 0.4) is 0 Å². The number of nitrogens with zero attached hydrogens (tertiary/aromatic N) is 2. The zero-order chi connectivity index (χ0) is 24.8.